The third kappa shape index (κ3) is 9.47. The predicted octanol–water partition coefficient (Wildman–Crippen LogP) is 8.83. The molecule has 3 nitrogen and oxygen atoms in total. The molecule has 7 heteroatoms. The molecule has 1 fully saturated rings. The SMILES string of the molecule is CC(C)c1ccc(OCC(C)(F)F)c(Cl)c1.COc1cc(C(C)C)ccc1OCCC1CC1(C)F. The molecule has 0 heterocycles. The molecular weight excluding hydrogens is 477 g/mol. The van der Waals surface area contributed by atoms with E-state index in [0.29, 0.717) is 35.6 Å². The standard InChI is InChI=1S/C16H23FO2.C12H15ClF2O/c1-11(2)12-5-6-14(15(9-12)18-4)19-8-7-13-10-16(13,3)17;1-8(2)9-4-5-11(10(13)6-9)16-7-12(3,14)15/h5-6,9,11,13H,7-8,10H2,1-4H3;4-6,8H,7H2,1-3H3. The van der Waals surface area contributed by atoms with Crippen LogP contribution in [0.25, 0.3) is 0 Å². The normalized spacial score (nSPS) is 19.3. The molecule has 1 aliphatic rings. The fourth-order valence-electron chi connectivity index (χ4n) is 3.50. The van der Waals surface area contributed by atoms with Gasteiger partial charge in [-0.1, -0.05) is 51.4 Å². The van der Waals surface area contributed by atoms with E-state index in [0.717, 1.165) is 30.4 Å². The first-order valence-electron chi connectivity index (χ1n) is 12.0. The molecule has 0 aliphatic heterocycles. The van der Waals surface area contributed by atoms with Crippen LogP contribution in [-0.2, 0) is 0 Å². The van der Waals surface area contributed by atoms with E-state index in [9.17, 15) is 13.2 Å². The maximum atomic E-state index is 13.4. The molecule has 2 atom stereocenters. The summed E-state index contributed by atoms with van der Waals surface area (Å²) >= 11 is 5.93. The molecule has 196 valence electrons. The van der Waals surface area contributed by atoms with E-state index in [1.54, 1.807) is 26.2 Å². The lowest BCUT2D eigenvalue weighted by molar-refractivity contribution is -0.0229. The summed E-state index contributed by atoms with van der Waals surface area (Å²) in [5.74, 6) is -0.0833. The van der Waals surface area contributed by atoms with Crippen LogP contribution in [0.3, 0.4) is 0 Å². The summed E-state index contributed by atoms with van der Waals surface area (Å²) < 4.78 is 54.6. The Morgan fingerprint density at radius 3 is 1.97 bits per heavy atom. The van der Waals surface area contributed by atoms with Gasteiger partial charge in [0, 0.05) is 6.92 Å². The summed E-state index contributed by atoms with van der Waals surface area (Å²) in [7, 11) is 1.64. The van der Waals surface area contributed by atoms with Crippen LogP contribution in [-0.4, -0.2) is 31.9 Å². The number of halogens is 4. The maximum absolute atomic E-state index is 13.4. The van der Waals surface area contributed by atoms with Crippen LogP contribution in [0.5, 0.6) is 17.2 Å². The third-order valence-electron chi connectivity index (χ3n) is 6.02. The fourth-order valence-corrected chi connectivity index (χ4v) is 3.74. The summed E-state index contributed by atoms with van der Waals surface area (Å²) in [6.45, 7) is 10.7. The van der Waals surface area contributed by atoms with E-state index in [-0.39, 0.29) is 5.92 Å². The van der Waals surface area contributed by atoms with E-state index in [1.807, 2.05) is 32.0 Å². The lowest BCUT2D eigenvalue weighted by Gasteiger charge is -2.14. The summed E-state index contributed by atoms with van der Waals surface area (Å²) in [5.41, 5.74) is 1.32. The van der Waals surface area contributed by atoms with Crippen molar-refractivity contribution in [1.82, 2.24) is 0 Å². The van der Waals surface area contributed by atoms with Crippen molar-refractivity contribution in [1.29, 1.82) is 0 Å². The quantitative estimate of drug-likeness (QED) is 0.317. The van der Waals surface area contributed by atoms with Gasteiger partial charge in [-0.2, -0.15) is 0 Å². The smallest absolute Gasteiger partial charge is 0.278 e. The molecule has 1 aliphatic carbocycles. The van der Waals surface area contributed by atoms with E-state index < -0.39 is 18.2 Å². The van der Waals surface area contributed by atoms with Crippen LogP contribution in [0.1, 0.15) is 77.3 Å². The van der Waals surface area contributed by atoms with Gasteiger partial charge in [-0.05, 0) is 72.9 Å². The monoisotopic (exact) mass is 514 g/mol. The molecule has 2 unspecified atom stereocenters. The Labute approximate surface area is 212 Å². The van der Waals surface area contributed by atoms with Crippen molar-refractivity contribution in [2.75, 3.05) is 20.3 Å². The molecule has 0 radical (unpaired) electrons. The molecule has 0 aromatic heterocycles. The summed E-state index contributed by atoms with van der Waals surface area (Å²) in [6.07, 6.45) is 1.43. The first kappa shape index (κ1) is 29.2. The average molecular weight is 515 g/mol. The van der Waals surface area contributed by atoms with Crippen molar-refractivity contribution in [3.8, 4) is 17.2 Å². The number of ether oxygens (including phenoxy) is 3. The minimum Gasteiger partial charge on any atom is -0.493 e. The van der Waals surface area contributed by atoms with E-state index >= 15 is 0 Å². The van der Waals surface area contributed by atoms with Crippen molar-refractivity contribution in [3.63, 3.8) is 0 Å². The number of alkyl halides is 3. The zero-order valence-corrected chi connectivity index (χ0v) is 22.5. The average Bonchev–Trinajstić information content (AvgIpc) is 3.38. The third-order valence-corrected chi connectivity index (χ3v) is 6.31. The molecule has 0 N–H and O–H groups in total. The largest absolute Gasteiger partial charge is 0.493 e. The number of rotatable bonds is 10. The molecule has 3 rings (SSSR count). The molecule has 0 saturated heterocycles. The van der Waals surface area contributed by atoms with Gasteiger partial charge in [0.2, 0.25) is 0 Å². The number of methoxy groups -OCH3 is 1. The van der Waals surface area contributed by atoms with Gasteiger partial charge in [0.1, 0.15) is 11.4 Å². The van der Waals surface area contributed by atoms with Gasteiger partial charge in [-0.25, -0.2) is 13.2 Å². The Morgan fingerprint density at radius 1 is 0.971 bits per heavy atom. The van der Waals surface area contributed by atoms with E-state index in [1.165, 1.54) is 5.56 Å². The highest BCUT2D eigenvalue weighted by Crippen LogP contribution is 2.49. The Balaban J connectivity index is 0.000000251. The Hall–Kier alpha value is -2.08. The molecule has 0 bridgehead atoms. The van der Waals surface area contributed by atoms with Gasteiger partial charge in [0.25, 0.3) is 5.92 Å². The molecule has 2 aromatic rings. The number of hydrogen-bond donors (Lipinski definition) is 0. The minimum atomic E-state index is -2.85. The van der Waals surface area contributed by atoms with Crippen molar-refractivity contribution in [3.05, 3.63) is 52.5 Å². The summed E-state index contributed by atoms with van der Waals surface area (Å²) in [5, 5.41) is 0.371. The second-order valence-electron chi connectivity index (χ2n) is 10.1. The van der Waals surface area contributed by atoms with Crippen LogP contribution >= 0.6 is 11.6 Å². The molecule has 1 saturated carbocycles. The lowest BCUT2D eigenvalue weighted by atomic mass is 10.0. The van der Waals surface area contributed by atoms with Gasteiger partial charge in [0.15, 0.2) is 18.1 Å². The Kier molecular flexibility index (Phi) is 10.2. The first-order chi connectivity index (χ1) is 16.2. The Morgan fingerprint density at radius 2 is 1.51 bits per heavy atom. The van der Waals surface area contributed by atoms with E-state index in [4.69, 9.17) is 25.8 Å². The minimum absolute atomic E-state index is 0.161. The zero-order valence-electron chi connectivity index (χ0n) is 21.8. The fraction of sp³-hybridized carbons (Fsp3) is 0.571. The highest BCUT2D eigenvalue weighted by atomic mass is 35.5. The van der Waals surface area contributed by atoms with Gasteiger partial charge in [-0.15, -0.1) is 0 Å². The van der Waals surface area contributed by atoms with Crippen LogP contribution < -0.4 is 14.2 Å². The van der Waals surface area contributed by atoms with Gasteiger partial charge in [-0.3, -0.25) is 0 Å². The van der Waals surface area contributed by atoms with Crippen molar-refractivity contribution in [2.45, 2.75) is 77.8 Å². The molecule has 0 spiro atoms. The summed E-state index contributed by atoms with van der Waals surface area (Å²) in [6, 6.07) is 11.2. The summed E-state index contributed by atoms with van der Waals surface area (Å²) in [4.78, 5) is 0. The number of hydrogen-bond acceptors (Lipinski definition) is 3. The molecule has 0 amide bonds. The second-order valence-corrected chi connectivity index (χ2v) is 10.5. The van der Waals surface area contributed by atoms with Crippen molar-refractivity contribution < 1.29 is 27.4 Å². The van der Waals surface area contributed by atoms with Crippen molar-refractivity contribution >= 4 is 11.6 Å². The highest BCUT2D eigenvalue weighted by Gasteiger charge is 2.50. The van der Waals surface area contributed by atoms with Crippen molar-refractivity contribution in [2.24, 2.45) is 5.92 Å². The number of benzene rings is 2. The Bertz CT molecular complexity index is 955. The topological polar surface area (TPSA) is 27.7 Å². The van der Waals surface area contributed by atoms with Crippen LogP contribution in [0.4, 0.5) is 13.2 Å². The highest BCUT2D eigenvalue weighted by molar-refractivity contribution is 6.32. The zero-order chi connectivity index (χ0) is 26.4. The van der Waals surface area contributed by atoms with Gasteiger partial charge in [0.05, 0.1) is 18.7 Å². The van der Waals surface area contributed by atoms with Crippen LogP contribution in [0.2, 0.25) is 5.02 Å². The maximum Gasteiger partial charge on any atom is 0.278 e. The molecular formula is C28H38ClF3O3. The van der Waals surface area contributed by atoms with Gasteiger partial charge >= 0.3 is 0 Å². The van der Waals surface area contributed by atoms with Crippen LogP contribution in [0, 0.1) is 5.92 Å². The second kappa shape index (κ2) is 12.2. The first-order valence-corrected chi connectivity index (χ1v) is 12.4. The van der Waals surface area contributed by atoms with Crippen LogP contribution in [0.15, 0.2) is 36.4 Å². The van der Waals surface area contributed by atoms with Gasteiger partial charge < -0.3 is 14.2 Å². The van der Waals surface area contributed by atoms with E-state index in [2.05, 4.69) is 19.9 Å². The lowest BCUT2D eigenvalue weighted by Crippen LogP contribution is -2.21. The predicted molar refractivity (Wildman–Crippen MR) is 136 cm³/mol. The molecule has 2 aromatic carbocycles. The molecule has 35 heavy (non-hydrogen) atoms.